The number of fused-ring (bicyclic) bond motifs is 1. The molecule has 1 aliphatic heterocycles. The van der Waals surface area contributed by atoms with Crippen LogP contribution in [0.5, 0.6) is 0 Å². The molecule has 100 valence electrons. The Morgan fingerprint density at radius 3 is 2.44 bits per heavy atom. The average Bonchev–Trinajstić information content (AvgIpc) is 2.84. The summed E-state index contributed by atoms with van der Waals surface area (Å²) in [4.78, 5) is 1.07. The van der Waals surface area contributed by atoms with E-state index >= 15 is 0 Å². The predicted octanol–water partition coefficient (Wildman–Crippen LogP) is -1.34. The highest BCUT2D eigenvalue weighted by Gasteiger charge is 2.76. The topological polar surface area (TPSA) is 4.44 Å². The zero-order valence-electron chi connectivity index (χ0n) is 9.80. The molecule has 1 heterocycles. The van der Waals surface area contributed by atoms with Crippen LogP contribution in [0.4, 0.5) is 13.2 Å². The number of rotatable bonds is 2. The normalized spacial score (nSPS) is 33.7. The second-order valence-electron chi connectivity index (χ2n) is 5.35. The fraction of sp³-hybridized carbons (Fsp3) is 0.538. The minimum absolute atomic E-state index is 0. The molecule has 1 saturated carbocycles. The van der Waals surface area contributed by atoms with Gasteiger partial charge in [0.05, 0.1) is 13.1 Å². The van der Waals surface area contributed by atoms with Crippen LogP contribution in [0.25, 0.3) is 0 Å². The number of piperidine rings is 1. The van der Waals surface area contributed by atoms with Crippen LogP contribution in [0, 0.1) is 11.3 Å². The van der Waals surface area contributed by atoms with E-state index in [9.17, 15) is 13.2 Å². The van der Waals surface area contributed by atoms with Gasteiger partial charge in [-0.3, -0.25) is 0 Å². The van der Waals surface area contributed by atoms with E-state index in [1.165, 1.54) is 0 Å². The van der Waals surface area contributed by atoms with Gasteiger partial charge in [-0.1, -0.05) is 30.3 Å². The Labute approximate surface area is 110 Å². The molecule has 3 atom stereocenters. The highest BCUT2D eigenvalue weighted by atomic mass is 35.5. The number of alkyl halides is 3. The van der Waals surface area contributed by atoms with Crippen LogP contribution >= 0.6 is 0 Å². The van der Waals surface area contributed by atoms with Crippen molar-refractivity contribution in [2.24, 2.45) is 11.3 Å². The molecule has 18 heavy (non-hydrogen) atoms. The highest BCUT2D eigenvalue weighted by molar-refractivity contribution is 5.14. The summed E-state index contributed by atoms with van der Waals surface area (Å²) in [7, 11) is 0. The summed E-state index contributed by atoms with van der Waals surface area (Å²) in [6, 6.07) is 9.77. The monoisotopic (exact) mass is 277 g/mol. The third kappa shape index (κ3) is 2.12. The molecule has 1 aromatic carbocycles. The quantitative estimate of drug-likeness (QED) is 0.683. The van der Waals surface area contributed by atoms with E-state index in [1.54, 1.807) is 0 Å². The van der Waals surface area contributed by atoms with Crippen molar-refractivity contribution in [1.29, 1.82) is 0 Å². The fourth-order valence-electron chi connectivity index (χ4n) is 3.20. The standard InChI is InChI=1S/C13H14F3N.ClH/c14-13(15,16)12-6-11(12)8-17(9-12)7-10-4-2-1-3-5-10;/h1-5,11H,6-9H2;1H. The van der Waals surface area contributed by atoms with E-state index < -0.39 is 11.6 Å². The van der Waals surface area contributed by atoms with Gasteiger partial charge in [-0.05, 0) is 6.42 Å². The van der Waals surface area contributed by atoms with Gasteiger partial charge in [0.25, 0.3) is 0 Å². The lowest BCUT2D eigenvalue weighted by Gasteiger charge is -2.20. The first-order chi connectivity index (χ1) is 8.01. The summed E-state index contributed by atoms with van der Waals surface area (Å²) in [5.41, 5.74) is -0.210. The Hall–Kier alpha value is -0.740. The van der Waals surface area contributed by atoms with E-state index in [0.717, 1.165) is 17.0 Å². The molecule has 5 heteroatoms. The van der Waals surface area contributed by atoms with E-state index in [4.69, 9.17) is 0 Å². The van der Waals surface area contributed by atoms with E-state index in [-0.39, 0.29) is 24.9 Å². The second-order valence-corrected chi connectivity index (χ2v) is 5.35. The molecule has 1 aromatic rings. The van der Waals surface area contributed by atoms with Gasteiger partial charge >= 0.3 is 6.18 Å². The molecular formula is C13H15ClF3N. The lowest BCUT2D eigenvalue weighted by atomic mass is 10.1. The molecule has 2 fully saturated rings. The van der Waals surface area contributed by atoms with Crippen molar-refractivity contribution in [3.63, 3.8) is 0 Å². The van der Waals surface area contributed by atoms with Gasteiger partial charge in [0.1, 0.15) is 12.0 Å². The zero-order valence-corrected chi connectivity index (χ0v) is 10.6. The maximum atomic E-state index is 12.9. The van der Waals surface area contributed by atoms with Crippen molar-refractivity contribution in [3.05, 3.63) is 35.9 Å². The third-order valence-corrected chi connectivity index (χ3v) is 4.19. The fourth-order valence-corrected chi connectivity index (χ4v) is 3.20. The Kier molecular flexibility index (Phi) is 3.36. The number of quaternary nitrogens is 1. The molecule has 0 spiro atoms. The van der Waals surface area contributed by atoms with Gasteiger partial charge in [0.2, 0.25) is 0 Å². The number of halogens is 4. The Bertz CT molecular complexity index is 420. The SMILES string of the molecule is FC(F)(F)C12CC1C[NH+](Cc1ccccc1)C2.[Cl-]. The van der Waals surface area contributed by atoms with Crippen LogP contribution in [-0.4, -0.2) is 19.3 Å². The van der Waals surface area contributed by atoms with Crippen molar-refractivity contribution in [2.45, 2.75) is 19.1 Å². The molecule has 1 N–H and O–H groups in total. The lowest BCUT2D eigenvalue weighted by molar-refractivity contribution is -0.909. The van der Waals surface area contributed by atoms with Crippen molar-refractivity contribution >= 4 is 0 Å². The van der Waals surface area contributed by atoms with Crippen LogP contribution < -0.4 is 17.3 Å². The smallest absolute Gasteiger partial charge is 0.400 e. The summed E-state index contributed by atoms with van der Waals surface area (Å²) >= 11 is 0. The maximum Gasteiger partial charge on any atom is 0.400 e. The van der Waals surface area contributed by atoms with Crippen LogP contribution in [0.2, 0.25) is 0 Å². The van der Waals surface area contributed by atoms with E-state index in [0.29, 0.717) is 13.0 Å². The predicted molar refractivity (Wildman–Crippen MR) is 57.4 cm³/mol. The highest BCUT2D eigenvalue weighted by Crippen LogP contribution is 2.62. The van der Waals surface area contributed by atoms with Gasteiger partial charge in [-0.15, -0.1) is 0 Å². The first kappa shape index (κ1) is 13.7. The van der Waals surface area contributed by atoms with E-state index in [1.807, 2.05) is 30.3 Å². The summed E-state index contributed by atoms with van der Waals surface area (Å²) < 4.78 is 38.7. The maximum absolute atomic E-state index is 12.9. The van der Waals surface area contributed by atoms with Gasteiger partial charge in [-0.2, -0.15) is 13.2 Å². The Balaban J connectivity index is 0.00000120. The van der Waals surface area contributed by atoms with Crippen molar-refractivity contribution < 1.29 is 30.5 Å². The second kappa shape index (κ2) is 4.42. The average molecular weight is 278 g/mol. The van der Waals surface area contributed by atoms with Gasteiger partial charge in [0.15, 0.2) is 0 Å². The summed E-state index contributed by atoms with van der Waals surface area (Å²) in [6.45, 7) is 1.65. The third-order valence-electron chi connectivity index (χ3n) is 4.19. The van der Waals surface area contributed by atoms with Crippen molar-refractivity contribution in [3.8, 4) is 0 Å². The zero-order chi connectivity index (χ0) is 12.1. The van der Waals surface area contributed by atoms with Gasteiger partial charge in [-0.25, -0.2) is 0 Å². The van der Waals surface area contributed by atoms with Crippen LogP contribution in [0.3, 0.4) is 0 Å². The van der Waals surface area contributed by atoms with Crippen molar-refractivity contribution in [2.75, 3.05) is 13.1 Å². The molecule has 0 radical (unpaired) electrons. The Morgan fingerprint density at radius 1 is 1.22 bits per heavy atom. The van der Waals surface area contributed by atoms with Crippen LogP contribution in [0.15, 0.2) is 30.3 Å². The molecule has 3 unspecified atom stereocenters. The van der Waals surface area contributed by atoms with Crippen LogP contribution in [0.1, 0.15) is 12.0 Å². The number of hydrogen-bond acceptors (Lipinski definition) is 0. The summed E-state index contributed by atoms with van der Waals surface area (Å²) in [6.07, 6.45) is -3.65. The largest absolute Gasteiger partial charge is 1.00 e. The molecule has 2 aliphatic rings. The summed E-state index contributed by atoms with van der Waals surface area (Å²) in [5, 5.41) is 0. The number of benzene rings is 1. The number of nitrogens with one attached hydrogen (secondary N) is 1. The molecule has 1 aliphatic carbocycles. The van der Waals surface area contributed by atoms with Crippen LogP contribution in [-0.2, 0) is 6.54 Å². The van der Waals surface area contributed by atoms with Gasteiger partial charge in [0, 0.05) is 11.5 Å². The summed E-state index contributed by atoms with van der Waals surface area (Å²) in [5.74, 6) is -0.124. The molecule has 1 nitrogen and oxygen atoms in total. The number of likely N-dealkylation sites (tertiary alicyclic amines) is 1. The molecular weight excluding hydrogens is 263 g/mol. The van der Waals surface area contributed by atoms with E-state index in [2.05, 4.69) is 0 Å². The van der Waals surface area contributed by atoms with Gasteiger partial charge < -0.3 is 17.3 Å². The Morgan fingerprint density at radius 2 is 1.89 bits per heavy atom. The molecule has 0 aromatic heterocycles. The lowest BCUT2D eigenvalue weighted by Crippen LogP contribution is -3.10. The minimum Gasteiger partial charge on any atom is -1.00 e. The first-order valence-corrected chi connectivity index (χ1v) is 5.95. The number of hydrogen-bond donors (Lipinski definition) is 1. The molecule has 0 bridgehead atoms. The first-order valence-electron chi connectivity index (χ1n) is 5.95. The minimum atomic E-state index is -4.00. The molecule has 1 saturated heterocycles. The van der Waals surface area contributed by atoms with Crippen molar-refractivity contribution in [1.82, 2.24) is 0 Å². The molecule has 0 amide bonds. The molecule has 3 rings (SSSR count).